The highest BCUT2D eigenvalue weighted by atomic mass is 32.2. The van der Waals surface area contributed by atoms with E-state index in [2.05, 4.69) is 9.46 Å². The molecule has 0 saturated heterocycles. The van der Waals surface area contributed by atoms with Crippen LogP contribution in [0.4, 0.5) is 0 Å². The third kappa shape index (κ3) is 6.70. The van der Waals surface area contributed by atoms with Crippen molar-refractivity contribution in [3.05, 3.63) is 35.4 Å². The van der Waals surface area contributed by atoms with E-state index in [0.717, 1.165) is 0 Å². The van der Waals surface area contributed by atoms with Gasteiger partial charge in [-0.3, -0.25) is 0 Å². The number of carbonyl (C=O) groups excluding carboxylic acids is 1. The molecule has 0 aliphatic rings. The first-order chi connectivity index (χ1) is 9.84. The van der Waals surface area contributed by atoms with Gasteiger partial charge in [-0.05, 0) is 37.5 Å². The fraction of sp³-hybridized carbons (Fsp3) is 0.500. The van der Waals surface area contributed by atoms with Gasteiger partial charge in [-0.1, -0.05) is 12.1 Å². The summed E-state index contributed by atoms with van der Waals surface area (Å²) in [6.45, 7) is 1.94. The molecule has 0 aliphatic heterocycles. The van der Waals surface area contributed by atoms with Gasteiger partial charge in [0.05, 0.1) is 24.5 Å². The van der Waals surface area contributed by atoms with Gasteiger partial charge < -0.3 is 9.84 Å². The van der Waals surface area contributed by atoms with Crippen LogP contribution in [0.15, 0.2) is 24.3 Å². The number of benzene rings is 1. The summed E-state index contributed by atoms with van der Waals surface area (Å²) >= 11 is 0. The van der Waals surface area contributed by atoms with Gasteiger partial charge in [0.15, 0.2) is 0 Å². The molecule has 0 amide bonds. The van der Waals surface area contributed by atoms with E-state index in [1.807, 2.05) is 0 Å². The van der Waals surface area contributed by atoms with E-state index in [0.29, 0.717) is 24.0 Å². The molecule has 1 rings (SSSR count). The Morgan fingerprint density at radius 3 is 2.76 bits per heavy atom. The first-order valence-corrected chi connectivity index (χ1v) is 8.32. The van der Waals surface area contributed by atoms with Crippen LogP contribution in [-0.4, -0.2) is 39.3 Å². The monoisotopic (exact) mass is 315 g/mol. The molecular formula is C14H21NO5S. The van der Waals surface area contributed by atoms with E-state index in [1.54, 1.807) is 25.1 Å². The van der Waals surface area contributed by atoms with Crippen molar-refractivity contribution in [2.24, 2.45) is 0 Å². The molecule has 0 heterocycles. The number of methoxy groups -OCH3 is 1. The SMILES string of the molecule is COC(=O)c1cccc(CS(=O)(=O)NCCCC(C)O)c1. The summed E-state index contributed by atoms with van der Waals surface area (Å²) in [6.07, 6.45) is 0.672. The summed E-state index contributed by atoms with van der Waals surface area (Å²) in [6, 6.07) is 6.32. The van der Waals surface area contributed by atoms with E-state index in [-0.39, 0.29) is 12.3 Å². The van der Waals surface area contributed by atoms with Gasteiger partial charge in [-0.2, -0.15) is 0 Å². The molecule has 2 N–H and O–H groups in total. The fourth-order valence-electron chi connectivity index (χ4n) is 1.80. The molecule has 1 unspecified atom stereocenters. The Bertz CT molecular complexity index is 568. The highest BCUT2D eigenvalue weighted by Crippen LogP contribution is 2.10. The Hall–Kier alpha value is -1.44. The number of rotatable bonds is 8. The quantitative estimate of drug-likeness (QED) is 0.552. The van der Waals surface area contributed by atoms with Gasteiger partial charge in [0.2, 0.25) is 10.0 Å². The summed E-state index contributed by atoms with van der Waals surface area (Å²) < 4.78 is 30.9. The number of aliphatic hydroxyl groups excluding tert-OH is 1. The van der Waals surface area contributed by atoms with Crippen LogP contribution in [0.5, 0.6) is 0 Å². The largest absolute Gasteiger partial charge is 0.465 e. The van der Waals surface area contributed by atoms with Crippen LogP contribution in [0.25, 0.3) is 0 Å². The molecule has 0 spiro atoms. The summed E-state index contributed by atoms with van der Waals surface area (Å²) in [7, 11) is -2.19. The van der Waals surface area contributed by atoms with Crippen molar-refractivity contribution in [2.75, 3.05) is 13.7 Å². The van der Waals surface area contributed by atoms with Gasteiger partial charge in [0, 0.05) is 6.54 Å². The molecular weight excluding hydrogens is 294 g/mol. The lowest BCUT2D eigenvalue weighted by Gasteiger charge is -2.08. The molecule has 21 heavy (non-hydrogen) atoms. The Labute approximate surface area is 125 Å². The Morgan fingerprint density at radius 1 is 1.43 bits per heavy atom. The maximum Gasteiger partial charge on any atom is 0.337 e. The van der Waals surface area contributed by atoms with Gasteiger partial charge in [0.25, 0.3) is 0 Å². The standard InChI is InChI=1S/C14H21NO5S/c1-11(16)5-4-8-15-21(18,19)10-12-6-3-7-13(9-12)14(17)20-2/h3,6-7,9,11,15-16H,4-5,8,10H2,1-2H3. The molecule has 7 heteroatoms. The molecule has 6 nitrogen and oxygen atoms in total. The normalized spacial score (nSPS) is 12.9. The van der Waals surface area contributed by atoms with E-state index in [1.165, 1.54) is 13.2 Å². The second-order valence-electron chi connectivity index (χ2n) is 4.84. The lowest BCUT2D eigenvalue weighted by molar-refractivity contribution is 0.0600. The number of esters is 1. The molecule has 0 aliphatic carbocycles. The lowest BCUT2D eigenvalue weighted by Crippen LogP contribution is -2.26. The molecule has 0 saturated carbocycles. The first kappa shape index (κ1) is 17.6. The van der Waals surface area contributed by atoms with Crippen molar-refractivity contribution in [2.45, 2.75) is 31.6 Å². The van der Waals surface area contributed by atoms with E-state index < -0.39 is 22.1 Å². The van der Waals surface area contributed by atoms with Crippen molar-refractivity contribution < 1.29 is 23.1 Å². The van der Waals surface area contributed by atoms with E-state index >= 15 is 0 Å². The second-order valence-corrected chi connectivity index (χ2v) is 6.64. The average Bonchev–Trinajstić information content (AvgIpc) is 2.42. The minimum absolute atomic E-state index is 0.202. The molecule has 1 aromatic rings. The fourth-order valence-corrected chi connectivity index (χ4v) is 2.98. The zero-order valence-electron chi connectivity index (χ0n) is 12.2. The lowest BCUT2D eigenvalue weighted by atomic mass is 10.1. The van der Waals surface area contributed by atoms with Gasteiger partial charge >= 0.3 is 5.97 Å². The second kappa shape index (κ2) is 8.11. The van der Waals surface area contributed by atoms with E-state index in [4.69, 9.17) is 5.11 Å². The number of ether oxygens (including phenoxy) is 1. The summed E-state index contributed by atoms with van der Waals surface area (Å²) in [4.78, 5) is 11.4. The molecule has 118 valence electrons. The number of hydrogen-bond donors (Lipinski definition) is 2. The Kier molecular flexibility index (Phi) is 6.80. The van der Waals surface area contributed by atoms with Crippen LogP contribution in [0, 0.1) is 0 Å². The minimum atomic E-state index is -3.47. The summed E-state index contributed by atoms with van der Waals surface area (Å²) in [5.74, 6) is -0.703. The van der Waals surface area contributed by atoms with Crippen LogP contribution >= 0.6 is 0 Å². The number of aliphatic hydroxyl groups is 1. The maximum atomic E-state index is 11.9. The number of sulfonamides is 1. The summed E-state index contributed by atoms with van der Waals surface area (Å²) in [5.41, 5.74) is 0.834. The molecule has 1 atom stereocenters. The van der Waals surface area contributed by atoms with Crippen LogP contribution in [0.2, 0.25) is 0 Å². The number of nitrogens with one attached hydrogen (secondary N) is 1. The van der Waals surface area contributed by atoms with E-state index in [9.17, 15) is 13.2 Å². The van der Waals surface area contributed by atoms with Gasteiger partial charge in [0.1, 0.15) is 0 Å². The third-order valence-electron chi connectivity index (χ3n) is 2.83. The number of hydrogen-bond acceptors (Lipinski definition) is 5. The first-order valence-electron chi connectivity index (χ1n) is 6.66. The van der Waals surface area contributed by atoms with Crippen LogP contribution in [0.3, 0.4) is 0 Å². The van der Waals surface area contributed by atoms with Crippen molar-refractivity contribution in [3.63, 3.8) is 0 Å². The smallest absolute Gasteiger partial charge is 0.337 e. The summed E-state index contributed by atoms with van der Waals surface area (Å²) in [5, 5.41) is 9.10. The zero-order chi connectivity index (χ0) is 15.9. The van der Waals surface area contributed by atoms with Gasteiger partial charge in [-0.25, -0.2) is 17.9 Å². The predicted molar refractivity (Wildman–Crippen MR) is 79.3 cm³/mol. The van der Waals surface area contributed by atoms with Crippen molar-refractivity contribution in [1.29, 1.82) is 0 Å². The zero-order valence-corrected chi connectivity index (χ0v) is 13.0. The highest BCUT2D eigenvalue weighted by molar-refractivity contribution is 7.88. The molecule has 0 aromatic heterocycles. The van der Waals surface area contributed by atoms with Gasteiger partial charge in [-0.15, -0.1) is 0 Å². The molecule has 1 aromatic carbocycles. The predicted octanol–water partition coefficient (Wildman–Crippen LogP) is 1.05. The minimum Gasteiger partial charge on any atom is -0.465 e. The number of carbonyl (C=O) groups is 1. The van der Waals surface area contributed by atoms with Crippen molar-refractivity contribution in [3.8, 4) is 0 Å². The molecule has 0 radical (unpaired) electrons. The average molecular weight is 315 g/mol. The molecule has 0 bridgehead atoms. The Balaban J connectivity index is 2.60. The maximum absolute atomic E-state index is 11.9. The Morgan fingerprint density at radius 2 is 2.14 bits per heavy atom. The van der Waals surface area contributed by atoms with Crippen LogP contribution in [-0.2, 0) is 20.5 Å². The highest BCUT2D eigenvalue weighted by Gasteiger charge is 2.13. The van der Waals surface area contributed by atoms with Crippen molar-refractivity contribution >= 4 is 16.0 Å². The van der Waals surface area contributed by atoms with Crippen LogP contribution < -0.4 is 4.72 Å². The topological polar surface area (TPSA) is 92.7 Å². The molecule has 0 fully saturated rings. The van der Waals surface area contributed by atoms with Crippen LogP contribution in [0.1, 0.15) is 35.7 Å². The third-order valence-corrected chi connectivity index (χ3v) is 4.18. The van der Waals surface area contributed by atoms with Crippen molar-refractivity contribution in [1.82, 2.24) is 4.72 Å².